The van der Waals surface area contributed by atoms with Crippen LogP contribution in [0.2, 0.25) is 0 Å². The fourth-order valence-corrected chi connectivity index (χ4v) is 3.04. The van der Waals surface area contributed by atoms with Gasteiger partial charge in [0.1, 0.15) is 0 Å². The number of aromatic amines is 1. The zero-order valence-corrected chi connectivity index (χ0v) is 11.3. The van der Waals surface area contributed by atoms with Crippen LogP contribution in [0, 0.1) is 0 Å². The van der Waals surface area contributed by atoms with Crippen molar-refractivity contribution in [2.75, 3.05) is 0 Å². The number of hydrogen-bond donors (Lipinski definition) is 1. The summed E-state index contributed by atoms with van der Waals surface area (Å²) >= 11 is 3.10. The van der Waals surface area contributed by atoms with Gasteiger partial charge >= 0.3 is 6.18 Å². The molecule has 1 N–H and O–H groups in total. The largest absolute Gasteiger partial charge is 0.418 e. The predicted molar refractivity (Wildman–Crippen MR) is 68.3 cm³/mol. The maximum Gasteiger partial charge on any atom is 0.418 e. The highest BCUT2D eigenvalue weighted by molar-refractivity contribution is 9.10. The Bertz CT molecular complexity index is 687. The Morgan fingerprint density at radius 1 is 1.21 bits per heavy atom. The topological polar surface area (TPSA) is 32.9 Å². The summed E-state index contributed by atoms with van der Waals surface area (Å²) in [5, 5.41) is 0.491. The van der Waals surface area contributed by atoms with Crippen LogP contribution in [0.4, 0.5) is 13.2 Å². The van der Waals surface area contributed by atoms with Gasteiger partial charge in [-0.1, -0.05) is 15.9 Å². The van der Waals surface area contributed by atoms with Crippen LogP contribution >= 0.6 is 15.9 Å². The van der Waals surface area contributed by atoms with E-state index in [1.165, 1.54) is 0 Å². The minimum absolute atomic E-state index is 0.0101. The molecule has 0 radical (unpaired) electrons. The van der Waals surface area contributed by atoms with E-state index in [1.54, 1.807) is 6.07 Å². The smallest absolute Gasteiger partial charge is 0.351 e. The number of H-pyrrole nitrogens is 1. The Hall–Kier alpha value is -1.30. The molecule has 0 saturated carbocycles. The number of aryl methyl sites for hydroxylation is 1. The zero-order valence-electron chi connectivity index (χ0n) is 9.70. The average Bonchev–Trinajstić information content (AvgIpc) is 2.67. The highest BCUT2D eigenvalue weighted by atomic mass is 79.9. The second-order valence-electron chi connectivity index (χ2n) is 4.63. The van der Waals surface area contributed by atoms with E-state index in [-0.39, 0.29) is 11.3 Å². The normalized spacial score (nSPS) is 15.9. The third kappa shape index (κ3) is 1.98. The number of aromatic nitrogens is 1. The molecule has 1 aromatic carbocycles. The molecule has 0 aliphatic heterocycles. The Kier molecular flexibility index (Phi) is 2.74. The number of carbonyl (C=O) groups is 1. The number of hydrogen-bond acceptors (Lipinski definition) is 1. The van der Waals surface area contributed by atoms with Gasteiger partial charge in [0, 0.05) is 16.3 Å². The molecule has 0 spiro atoms. The molecular formula is C13H9BrF3NO. The molecule has 1 heterocycles. The minimum Gasteiger partial charge on any atom is -0.351 e. The van der Waals surface area contributed by atoms with Crippen LogP contribution in [0.25, 0.3) is 10.9 Å². The van der Waals surface area contributed by atoms with Gasteiger partial charge in [-0.15, -0.1) is 0 Å². The first-order valence-electron chi connectivity index (χ1n) is 5.82. The van der Waals surface area contributed by atoms with E-state index in [4.69, 9.17) is 0 Å². The molecule has 0 bridgehead atoms. The SMILES string of the molecule is O=C1CCCc2c1[nH]c1c(C(F)(F)F)cc(Br)cc21. The lowest BCUT2D eigenvalue weighted by molar-refractivity contribution is -0.136. The summed E-state index contributed by atoms with van der Waals surface area (Å²) in [4.78, 5) is 14.5. The van der Waals surface area contributed by atoms with Crippen molar-refractivity contribution in [3.63, 3.8) is 0 Å². The van der Waals surface area contributed by atoms with E-state index in [0.29, 0.717) is 40.4 Å². The summed E-state index contributed by atoms with van der Waals surface area (Å²) < 4.78 is 39.5. The molecule has 0 amide bonds. The van der Waals surface area contributed by atoms with Crippen molar-refractivity contribution in [1.29, 1.82) is 0 Å². The van der Waals surface area contributed by atoms with E-state index >= 15 is 0 Å². The molecule has 19 heavy (non-hydrogen) atoms. The van der Waals surface area contributed by atoms with Crippen molar-refractivity contribution < 1.29 is 18.0 Å². The van der Waals surface area contributed by atoms with Gasteiger partial charge in [-0.25, -0.2) is 0 Å². The first kappa shape index (κ1) is 12.7. The van der Waals surface area contributed by atoms with Crippen molar-refractivity contribution in [1.82, 2.24) is 4.98 Å². The van der Waals surface area contributed by atoms with E-state index in [2.05, 4.69) is 20.9 Å². The number of alkyl halides is 3. The summed E-state index contributed by atoms with van der Waals surface area (Å²) in [6, 6.07) is 2.67. The molecular weight excluding hydrogens is 323 g/mol. The van der Waals surface area contributed by atoms with Gasteiger partial charge in [0.2, 0.25) is 0 Å². The first-order chi connectivity index (χ1) is 8.88. The second kappa shape index (κ2) is 4.10. The number of Topliss-reactive ketones (excluding diaryl/α,β-unsaturated/α-hetero) is 1. The van der Waals surface area contributed by atoms with E-state index < -0.39 is 11.7 Å². The molecule has 1 aliphatic rings. The maximum atomic E-state index is 13.0. The summed E-state index contributed by atoms with van der Waals surface area (Å²) in [6.45, 7) is 0. The first-order valence-corrected chi connectivity index (χ1v) is 6.61. The Morgan fingerprint density at radius 3 is 2.63 bits per heavy atom. The van der Waals surface area contributed by atoms with Gasteiger partial charge in [-0.2, -0.15) is 13.2 Å². The maximum absolute atomic E-state index is 13.0. The molecule has 0 unspecified atom stereocenters. The van der Waals surface area contributed by atoms with Crippen molar-refractivity contribution in [2.45, 2.75) is 25.4 Å². The third-order valence-electron chi connectivity index (χ3n) is 3.39. The molecule has 0 atom stereocenters. The number of halogens is 4. The van der Waals surface area contributed by atoms with Crippen LogP contribution in [-0.4, -0.2) is 10.8 Å². The molecule has 100 valence electrons. The van der Waals surface area contributed by atoms with Crippen LogP contribution in [0.1, 0.15) is 34.5 Å². The predicted octanol–water partition coefficient (Wildman–Crippen LogP) is 4.47. The Morgan fingerprint density at radius 2 is 1.95 bits per heavy atom. The van der Waals surface area contributed by atoms with E-state index in [1.807, 2.05) is 0 Å². The quantitative estimate of drug-likeness (QED) is 0.759. The van der Waals surface area contributed by atoms with Crippen molar-refractivity contribution >= 4 is 32.6 Å². The van der Waals surface area contributed by atoms with Crippen molar-refractivity contribution in [2.24, 2.45) is 0 Å². The minimum atomic E-state index is -4.45. The third-order valence-corrected chi connectivity index (χ3v) is 3.85. The van der Waals surface area contributed by atoms with Gasteiger partial charge in [0.15, 0.2) is 5.78 Å². The second-order valence-corrected chi connectivity index (χ2v) is 5.54. The zero-order chi connectivity index (χ0) is 13.8. The van der Waals surface area contributed by atoms with Crippen LogP contribution in [0.5, 0.6) is 0 Å². The lowest BCUT2D eigenvalue weighted by Crippen LogP contribution is -2.09. The van der Waals surface area contributed by atoms with Gasteiger partial charge in [-0.05, 0) is 30.5 Å². The van der Waals surface area contributed by atoms with E-state index in [9.17, 15) is 18.0 Å². The van der Waals surface area contributed by atoms with Gasteiger partial charge in [0.25, 0.3) is 0 Å². The number of benzene rings is 1. The number of fused-ring (bicyclic) bond motifs is 3. The molecule has 1 aromatic heterocycles. The molecule has 6 heteroatoms. The summed E-state index contributed by atoms with van der Waals surface area (Å²) in [5.74, 6) is -0.110. The van der Waals surface area contributed by atoms with Crippen LogP contribution in [-0.2, 0) is 12.6 Å². The van der Waals surface area contributed by atoms with Gasteiger partial charge in [-0.3, -0.25) is 4.79 Å². The lowest BCUT2D eigenvalue weighted by atomic mass is 9.94. The molecule has 0 saturated heterocycles. The molecule has 0 fully saturated rings. The fourth-order valence-electron chi connectivity index (χ4n) is 2.59. The molecule has 3 rings (SSSR count). The van der Waals surface area contributed by atoms with Crippen LogP contribution in [0.15, 0.2) is 16.6 Å². The number of carbonyl (C=O) groups excluding carboxylic acids is 1. The van der Waals surface area contributed by atoms with Gasteiger partial charge in [0.05, 0.1) is 16.8 Å². The highest BCUT2D eigenvalue weighted by Gasteiger charge is 2.35. The number of ketones is 1. The summed E-state index contributed by atoms with van der Waals surface area (Å²) in [5.41, 5.74) is 0.318. The average molecular weight is 332 g/mol. The monoisotopic (exact) mass is 331 g/mol. The fraction of sp³-hybridized carbons (Fsp3) is 0.308. The summed E-state index contributed by atoms with van der Waals surface area (Å²) in [7, 11) is 0. The van der Waals surface area contributed by atoms with Crippen molar-refractivity contribution in [3.8, 4) is 0 Å². The Balaban J connectivity index is 2.38. The van der Waals surface area contributed by atoms with Gasteiger partial charge < -0.3 is 4.98 Å². The summed E-state index contributed by atoms with van der Waals surface area (Å²) in [6.07, 6.45) is -2.73. The highest BCUT2D eigenvalue weighted by Crippen LogP contribution is 2.39. The molecule has 1 aliphatic carbocycles. The molecule has 2 aromatic rings. The number of nitrogens with one attached hydrogen (secondary N) is 1. The molecule has 2 nitrogen and oxygen atoms in total. The standard InChI is InChI=1S/C13H9BrF3NO/c14-6-4-8-7-2-1-3-10(19)12(7)18-11(8)9(5-6)13(15,16)17/h4-5,18H,1-3H2. The lowest BCUT2D eigenvalue weighted by Gasteiger charge is -2.10. The van der Waals surface area contributed by atoms with Crippen molar-refractivity contribution in [3.05, 3.63) is 33.4 Å². The number of rotatable bonds is 0. The Labute approximate surface area is 115 Å². The van der Waals surface area contributed by atoms with E-state index in [0.717, 1.165) is 6.07 Å². The van der Waals surface area contributed by atoms with Crippen LogP contribution in [0.3, 0.4) is 0 Å². The van der Waals surface area contributed by atoms with Crippen LogP contribution < -0.4 is 0 Å².